The molecule has 0 aromatic heterocycles. The number of ether oxygens (including phenoxy) is 1. The smallest absolute Gasteiger partial charge is 0.121 e. The maximum atomic E-state index is 9.09. The Hall–Kier alpha value is -1.79. The molecule has 0 bridgehead atoms. The Morgan fingerprint density at radius 1 is 1.53 bits per heavy atom. The SMILES string of the molecule is C=CCNC(C#N)c1cccc(OC(C)C)c1. The zero-order chi connectivity index (χ0) is 12.7. The molecule has 1 atom stereocenters. The topological polar surface area (TPSA) is 45.0 Å². The molecule has 0 fully saturated rings. The van der Waals surface area contributed by atoms with Gasteiger partial charge in [0.2, 0.25) is 0 Å². The second-order valence-electron chi connectivity index (χ2n) is 4.00. The molecule has 0 saturated carbocycles. The Bertz CT molecular complexity index is 407. The standard InChI is InChI=1S/C14H18N2O/c1-4-8-16-14(10-15)12-6-5-7-13(9-12)17-11(2)3/h4-7,9,11,14,16H,1,8H2,2-3H3. The highest BCUT2D eigenvalue weighted by Gasteiger charge is 2.09. The van der Waals surface area contributed by atoms with E-state index >= 15 is 0 Å². The second kappa shape index (κ2) is 6.72. The lowest BCUT2D eigenvalue weighted by Gasteiger charge is -2.14. The predicted molar refractivity (Wildman–Crippen MR) is 68.8 cm³/mol. The molecule has 1 aromatic rings. The van der Waals surface area contributed by atoms with E-state index in [4.69, 9.17) is 10.00 Å². The Kier molecular flexibility index (Phi) is 5.25. The van der Waals surface area contributed by atoms with E-state index in [9.17, 15) is 0 Å². The number of rotatable bonds is 6. The molecular weight excluding hydrogens is 212 g/mol. The fourth-order valence-corrected chi connectivity index (χ4v) is 1.48. The molecule has 0 radical (unpaired) electrons. The fourth-order valence-electron chi connectivity index (χ4n) is 1.48. The van der Waals surface area contributed by atoms with Gasteiger partial charge in [-0.3, -0.25) is 5.32 Å². The number of nitrogens with one attached hydrogen (secondary N) is 1. The van der Waals surface area contributed by atoms with Crippen molar-refractivity contribution in [1.82, 2.24) is 5.32 Å². The number of benzene rings is 1. The van der Waals surface area contributed by atoms with Gasteiger partial charge in [-0.05, 0) is 31.5 Å². The van der Waals surface area contributed by atoms with Crippen LogP contribution in [-0.4, -0.2) is 12.6 Å². The zero-order valence-electron chi connectivity index (χ0n) is 10.3. The third-order valence-electron chi connectivity index (χ3n) is 2.16. The van der Waals surface area contributed by atoms with Crippen LogP contribution in [0.1, 0.15) is 25.5 Å². The Labute approximate surface area is 103 Å². The molecule has 1 N–H and O–H groups in total. The van der Waals surface area contributed by atoms with E-state index in [0.717, 1.165) is 11.3 Å². The van der Waals surface area contributed by atoms with Crippen molar-refractivity contribution in [3.63, 3.8) is 0 Å². The van der Waals surface area contributed by atoms with E-state index in [1.807, 2.05) is 38.1 Å². The van der Waals surface area contributed by atoms with Crippen LogP contribution < -0.4 is 10.1 Å². The summed E-state index contributed by atoms with van der Waals surface area (Å²) in [6.07, 6.45) is 1.87. The molecular formula is C14H18N2O. The molecule has 3 heteroatoms. The summed E-state index contributed by atoms with van der Waals surface area (Å²) in [6.45, 7) is 8.18. The highest BCUT2D eigenvalue weighted by atomic mass is 16.5. The van der Waals surface area contributed by atoms with Crippen LogP contribution in [0, 0.1) is 11.3 Å². The molecule has 1 aromatic carbocycles. The van der Waals surface area contributed by atoms with Gasteiger partial charge in [-0.15, -0.1) is 6.58 Å². The number of hydrogen-bond donors (Lipinski definition) is 1. The molecule has 90 valence electrons. The quantitative estimate of drug-likeness (QED) is 0.764. The predicted octanol–water partition coefficient (Wildman–Crippen LogP) is 2.81. The van der Waals surface area contributed by atoms with Crippen LogP contribution in [0.4, 0.5) is 0 Å². The van der Waals surface area contributed by atoms with Gasteiger partial charge < -0.3 is 4.74 Å². The first-order valence-corrected chi connectivity index (χ1v) is 5.68. The van der Waals surface area contributed by atoms with E-state index in [1.165, 1.54) is 0 Å². The lowest BCUT2D eigenvalue weighted by molar-refractivity contribution is 0.242. The number of nitrogens with zero attached hydrogens (tertiary/aromatic N) is 1. The molecule has 0 aliphatic rings. The van der Waals surface area contributed by atoms with Crippen LogP contribution in [0.2, 0.25) is 0 Å². The lowest BCUT2D eigenvalue weighted by Crippen LogP contribution is -2.19. The summed E-state index contributed by atoms with van der Waals surface area (Å²) in [5.41, 5.74) is 0.910. The molecule has 0 saturated heterocycles. The van der Waals surface area contributed by atoms with Crippen molar-refractivity contribution in [2.75, 3.05) is 6.54 Å². The summed E-state index contributed by atoms with van der Waals surface area (Å²) in [4.78, 5) is 0. The van der Waals surface area contributed by atoms with Crippen molar-refractivity contribution in [1.29, 1.82) is 5.26 Å². The van der Waals surface area contributed by atoms with Crippen LogP contribution in [0.15, 0.2) is 36.9 Å². The van der Waals surface area contributed by atoms with Crippen LogP contribution >= 0.6 is 0 Å². The summed E-state index contributed by atoms with van der Waals surface area (Å²) >= 11 is 0. The minimum absolute atomic E-state index is 0.131. The maximum Gasteiger partial charge on any atom is 0.121 e. The maximum absolute atomic E-state index is 9.09. The van der Waals surface area contributed by atoms with Gasteiger partial charge in [-0.1, -0.05) is 18.2 Å². The highest BCUT2D eigenvalue weighted by molar-refractivity contribution is 5.33. The first-order chi connectivity index (χ1) is 8.17. The molecule has 3 nitrogen and oxygen atoms in total. The molecule has 0 aliphatic carbocycles. The van der Waals surface area contributed by atoms with E-state index in [-0.39, 0.29) is 12.1 Å². The van der Waals surface area contributed by atoms with Crippen LogP contribution in [0.5, 0.6) is 5.75 Å². The van der Waals surface area contributed by atoms with Gasteiger partial charge in [0.1, 0.15) is 11.8 Å². The van der Waals surface area contributed by atoms with Gasteiger partial charge in [0.15, 0.2) is 0 Å². The van der Waals surface area contributed by atoms with Crippen LogP contribution in [0.25, 0.3) is 0 Å². The van der Waals surface area contributed by atoms with Gasteiger partial charge in [0, 0.05) is 6.54 Å². The van der Waals surface area contributed by atoms with Crippen molar-refractivity contribution in [2.24, 2.45) is 0 Å². The third-order valence-corrected chi connectivity index (χ3v) is 2.16. The van der Waals surface area contributed by atoms with Crippen molar-refractivity contribution in [3.8, 4) is 11.8 Å². The molecule has 1 unspecified atom stereocenters. The molecule has 0 aliphatic heterocycles. The van der Waals surface area contributed by atoms with Gasteiger partial charge >= 0.3 is 0 Å². The normalized spacial score (nSPS) is 11.9. The monoisotopic (exact) mass is 230 g/mol. The first-order valence-electron chi connectivity index (χ1n) is 5.68. The minimum atomic E-state index is -0.330. The third kappa shape index (κ3) is 4.29. The summed E-state index contributed by atoms with van der Waals surface area (Å²) in [5, 5.41) is 12.2. The second-order valence-corrected chi connectivity index (χ2v) is 4.00. The Balaban J connectivity index is 2.81. The van der Waals surface area contributed by atoms with Gasteiger partial charge in [-0.2, -0.15) is 5.26 Å². The van der Waals surface area contributed by atoms with Gasteiger partial charge in [0.25, 0.3) is 0 Å². The van der Waals surface area contributed by atoms with Gasteiger partial charge in [0.05, 0.1) is 12.2 Å². The van der Waals surface area contributed by atoms with Gasteiger partial charge in [-0.25, -0.2) is 0 Å². The van der Waals surface area contributed by atoms with E-state index in [2.05, 4.69) is 18.0 Å². The number of nitriles is 1. The minimum Gasteiger partial charge on any atom is -0.491 e. The molecule has 17 heavy (non-hydrogen) atoms. The lowest BCUT2D eigenvalue weighted by atomic mass is 10.1. The average molecular weight is 230 g/mol. The molecule has 0 heterocycles. The first kappa shape index (κ1) is 13.3. The van der Waals surface area contributed by atoms with Crippen molar-refractivity contribution >= 4 is 0 Å². The highest BCUT2D eigenvalue weighted by Crippen LogP contribution is 2.19. The van der Waals surface area contributed by atoms with E-state index < -0.39 is 0 Å². The Morgan fingerprint density at radius 2 is 2.29 bits per heavy atom. The van der Waals surface area contributed by atoms with E-state index in [1.54, 1.807) is 6.08 Å². The summed E-state index contributed by atoms with van der Waals surface area (Å²) in [5.74, 6) is 0.790. The number of hydrogen-bond acceptors (Lipinski definition) is 3. The van der Waals surface area contributed by atoms with Crippen molar-refractivity contribution in [2.45, 2.75) is 26.0 Å². The zero-order valence-corrected chi connectivity index (χ0v) is 10.3. The van der Waals surface area contributed by atoms with Crippen LogP contribution in [-0.2, 0) is 0 Å². The summed E-state index contributed by atoms with van der Waals surface area (Å²) in [7, 11) is 0. The van der Waals surface area contributed by atoms with Crippen molar-refractivity contribution in [3.05, 3.63) is 42.5 Å². The average Bonchev–Trinajstić information content (AvgIpc) is 2.30. The molecule has 1 rings (SSSR count). The van der Waals surface area contributed by atoms with Crippen LogP contribution in [0.3, 0.4) is 0 Å². The summed E-state index contributed by atoms with van der Waals surface area (Å²) < 4.78 is 5.60. The summed E-state index contributed by atoms with van der Waals surface area (Å²) in [6, 6.07) is 9.49. The molecule has 0 spiro atoms. The largest absolute Gasteiger partial charge is 0.491 e. The Morgan fingerprint density at radius 3 is 2.88 bits per heavy atom. The fraction of sp³-hybridized carbons (Fsp3) is 0.357. The van der Waals surface area contributed by atoms with E-state index in [0.29, 0.717) is 6.54 Å². The van der Waals surface area contributed by atoms with Crippen molar-refractivity contribution < 1.29 is 4.74 Å². The molecule has 0 amide bonds.